The zero-order valence-electron chi connectivity index (χ0n) is 28.7. The van der Waals surface area contributed by atoms with E-state index in [0.29, 0.717) is 49.7 Å². The summed E-state index contributed by atoms with van der Waals surface area (Å²) in [6.07, 6.45) is 5.66. The van der Waals surface area contributed by atoms with Crippen LogP contribution in [-0.2, 0) is 35.7 Å². The van der Waals surface area contributed by atoms with Gasteiger partial charge in [0.1, 0.15) is 30.5 Å². The van der Waals surface area contributed by atoms with Gasteiger partial charge in [-0.25, -0.2) is 0 Å². The first-order valence-corrected chi connectivity index (χ1v) is 17.2. The maximum atomic E-state index is 12.8. The first kappa shape index (κ1) is 34.7. The number of aromatic nitrogens is 1. The van der Waals surface area contributed by atoms with Crippen molar-refractivity contribution >= 4 is 17.6 Å². The third kappa shape index (κ3) is 8.01. The molecule has 1 unspecified atom stereocenters. The lowest BCUT2D eigenvalue weighted by Gasteiger charge is -2.33. The molecule has 11 heteroatoms. The zero-order valence-corrected chi connectivity index (χ0v) is 28.7. The number of hydrogen-bond donors (Lipinski definition) is 3. The number of rotatable bonds is 15. The molecule has 3 aromatic carbocycles. The number of carbonyl (C=O) groups excluding carboxylic acids is 2. The highest BCUT2D eigenvalue weighted by Crippen LogP contribution is 2.37. The molecule has 50 heavy (non-hydrogen) atoms. The Balaban J connectivity index is 1.30. The van der Waals surface area contributed by atoms with Crippen LogP contribution >= 0.6 is 0 Å². The molecular formula is C39H45N5O6. The molecule has 0 radical (unpaired) electrons. The topological polar surface area (TPSA) is 155 Å². The number of likely N-dealkylation sites (tertiary alicyclic amines) is 1. The maximum absolute atomic E-state index is 12.8. The van der Waals surface area contributed by atoms with Gasteiger partial charge in [0.15, 0.2) is 17.0 Å². The van der Waals surface area contributed by atoms with Gasteiger partial charge in [-0.3, -0.25) is 9.59 Å². The van der Waals surface area contributed by atoms with Crippen LogP contribution in [0.2, 0.25) is 0 Å². The largest absolute Gasteiger partial charge is 0.488 e. The number of aryl methyl sites for hydroxylation is 2. The average molecular weight is 680 g/mol. The second-order valence-corrected chi connectivity index (χ2v) is 13.3. The van der Waals surface area contributed by atoms with E-state index < -0.39 is 17.4 Å². The molecule has 1 fully saturated rings. The number of benzene rings is 3. The molecule has 262 valence electrons. The molecule has 0 aliphatic carbocycles. The smallest absolute Gasteiger partial charge is 0.271 e. The lowest BCUT2D eigenvalue weighted by molar-refractivity contribution is -0.126. The number of amides is 2. The van der Waals surface area contributed by atoms with Gasteiger partial charge in [-0.15, -0.1) is 5.48 Å². The molecule has 2 amide bonds. The van der Waals surface area contributed by atoms with Crippen molar-refractivity contribution in [3.8, 4) is 11.5 Å². The Bertz CT molecular complexity index is 1820. The summed E-state index contributed by atoms with van der Waals surface area (Å²) in [5.74, 6) is 0.820. The van der Waals surface area contributed by atoms with Gasteiger partial charge in [0.05, 0.1) is 5.56 Å². The Morgan fingerprint density at radius 1 is 0.900 bits per heavy atom. The van der Waals surface area contributed by atoms with Gasteiger partial charge in [-0.1, -0.05) is 86.1 Å². The number of nitrogens with two attached hydrogens (primary N) is 2. The van der Waals surface area contributed by atoms with Crippen molar-refractivity contribution in [3.63, 3.8) is 0 Å². The summed E-state index contributed by atoms with van der Waals surface area (Å²) in [5.41, 5.74) is 17.5. The summed E-state index contributed by atoms with van der Waals surface area (Å²) < 4.78 is 18.5. The Hall–Kier alpha value is -5.13. The Morgan fingerprint density at radius 3 is 2.14 bits per heavy atom. The van der Waals surface area contributed by atoms with Gasteiger partial charge in [0.2, 0.25) is 5.91 Å². The summed E-state index contributed by atoms with van der Waals surface area (Å²) in [5, 5.41) is 4.02. The van der Waals surface area contributed by atoms with Crippen LogP contribution in [0.25, 0.3) is 5.76 Å². The van der Waals surface area contributed by atoms with Crippen LogP contribution in [0.5, 0.6) is 11.5 Å². The van der Waals surface area contributed by atoms with Gasteiger partial charge < -0.3 is 35.2 Å². The quantitative estimate of drug-likeness (QED) is 0.149. The lowest BCUT2D eigenvalue weighted by Crippen LogP contribution is -2.58. The normalized spacial score (nSPS) is 17.7. The van der Waals surface area contributed by atoms with Gasteiger partial charge in [0, 0.05) is 19.0 Å². The highest BCUT2D eigenvalue weighted by molar-refractivity contribution is 5.97. The third-order valence-electron chi connectivity index (χ3n) is 9.24. The average Bonchev–Trinajstić information content (AvgIpc) is 3.75. The second kappa shape index (κ2) is 15.6. The fraction of sp³-hybridized carbons (Fsp3) is 0.359. The molecule has 3 heterocycles. The van der Waals surface area contributed by atoms with Crippen LogP contribution in [0.1, 0.15) is 83.1 Å². The molecule has 1 aromatic heterocycles. The summed E-state index contributed by atoms with van der Waals surface area (Å²) in [7, 11) is 0. The van der Waals surface area contributed by atoms with Crippen LogP contribution < -0.4 is 26.4 Å². The van der Waals surface area contributed by atoms with Crippen LogP contribution in [0.4, 0.5) is 0 Å². The van der Waals surface area contributed by atoms with E-state index in [2.05, 4.69) is 35.5 Å². The van der Waals surface area contributed by atoms with E-state index in [9.17, 15) is 9.59 Å². The van der Waals surface area contributed by atoms with Gasteiger partial charge in [-0.2, -0.15) is 0 Å². The molecule has 0 bridgehead atoms. The van der Waals surface area contributed by atoms with E-state index >= 15 is 0 Å². The molecule has 0 saturated carbocycles. The lowest BCUT2D eigenvalue weighted by atomic mass is 9.94. The molecule has 1 saturated heterocycles. The minimum atomic E-state index is -1.30. The SMILES string of the molecule is CC(C)c1cc(CCc2onc(C(N)=O)c2C2=CC(CN3CCCCC3)(C(N)=O)NO2)c(OCc2ccccc2)cc1OCc1ccccc1. The zero-order chi connectivity index (χ0) is 35.1. The van der Waals surface area contributed by atoms with Crippen molar-refractivity contribution < 1.29 is 28.4 Å². The van der Waals surface area contributed by atoms with E-state index in [1.165, 1.54) is 0 Å². The highest BCUT2D eigenvalue weighted by atomic mass is 16.7. The van der Waals surface area contributed by atoms with Crippen LogP contribution in [-0.4, -0.2) is 47.0 Å². The Kier molecular flexibility index (Phi) is 10.8. The third-order valence-corrected chi connectivity index (χ3v) is 9.24. The predicted octanol–water partition coefficient (Wildman–Crippen LogP) is 5.43. The second-order valence-electron chi connectivity index (χ2n) is 13.3. The van der Waals surface area contributed by atoms with E-state index in [-0.39, 0.29) is 17.4 Å². The summed E-state index contributed by atoms with van der Waals surface area (Å²) in [6, 6.07) is 24.1. The molecule has 2 aliphatic heterocycles. The van der Waals surface area contributed by atoms with Gasteiger partial charge in [-0.05, 0) is 72.7 Å². The summed E-state index contributed by atoms with van der Waals surface area (Å²) >= 11 is 0. The van der Waals surface area contributed by atoms with Crippen molar-refractivity contribution in [2.24, 2.45) is 11.5 Å². The summed E-state index contributed by atoms with van der Waals surface area (Å²) in [4.78, 5) is 33.4. The first-order chi connectivity index (χ1) is 24.2. The minimum Gasteiger partial charge on any atom is -0.488 e. The molecule has 1 atom stereocenters. The van der Waals surface area contributed by atoms with Crippen molar-refractivity contribution in [1.29, 1.82) is 0 Å². The molecule has 5 N–H and O–H groups in total. The summed E-state index contributed by atoms with van der Waals surface area (Å²) in [6.45, 7) is 7.07. The number of primary amides is 2. The van der Waals surface area contributed by atoms with Crippen molar-refractivity contribution in [2.45, 2.75) is 70.6 Å². The number of hydroxylamine groups is 1. The highest BCUT2D eigenvalue weighted by Gasteiger charge is 2.44. The first-order valence-electron chi connectivity index (χ1n) is 17.2. The van der Waals surface area contributed by atoms with Crippen molar-refractivity contribution in [1.82, 2.24) is 15.5 Å². The predicted molar refractivity (Wildman–Crippen MR) is 189 cm³/mol. The molecular weight excluding hydrogens is 634 g/mol. The fourth-order valence-electron chi connectivity index (χ4n) is 6.47. The van der Waals surface area contributed by atoms with Gasteiger partial charge in [0.25, 0.3) is 5.91 Å². The van der Waals surface area contributed by atoms with E-state index in [1.54, 1.807) is 6.08 Å². The fourth-order valence-corrected chi connectivity index (χ4v) is 6.47. The maximum Gasteiger partial charge on any atom is 0.271 e. The van der Waals surface area contributed by atoms with Crippen molar-refractivity contribution in [2.75, 3.05) is 19.6 Å². The van der Waals surface area contributed by atoms with E-state index in [4.69, 9.17) is 30.3 Å². The number of nitrogens with zero attached hydrogens (tertiary/aromatic N) is 2. The molecule has 2 aliphatic rings. The van der Waals surface area contributed by atoms with Crippen LogP contribution in [0, 0.1) is 0 Å². The minimum absolute atomic E-state index is 0.0839. The van der Waals surface area contributed by atoms with Crippen LogP contribution in [0.15, 0.2) is 83.4 Å². The number of piperidine rings is 1. The number of carbonyl (C=O) groups is 2. The van der Waals surface area contributed by atoms with E-state index in [1.807, 2.05) is 66.7 Å². The van der Waals surface area contributed by atoms with E-state index in [0.717, 1.165) is 60.4 Å². The number of hydrogen-bond acceptors (Lipinski definition) is 9. The van der Waals surface area contributed by atoms with Crippen molar-refractivity contribution in [3.05, 3.63) is 118 Å². The van der Waals surface area contributed by atoms with Gasteiger partial charge >= 0.3 is 0 Å². The number of nitrogens with one attached hydrogen (secondary N) is 1. The molecule has 0 spiro atoms. The Labute approximate surface area is 292 Å². The molecule has 11 nitrogen and oxygen atoms in total. The molecule has 6 rings (SSSR count). The van der Waals surface area contributed by atoms with Crippen LogP contribution in [0.3, 0.4) is 0 Å². The molecule has 4 aromatic rings. The number of ether oxygens (including phenoxy) is 2. The monoisotopic (exact) mass is 679 g/mol. The standard InChI is InChI=1S/C39H45N5O6/c1-26(2)30-20-29(32(47-23-27-12-6-3-7-13-27)21-33(30)48-24-28-14-8-4-9-15-28)16-17-31-35(36(37(40)45)42-49-31)34-22-39(38(41)46,43-50-34)25-44-18-10-5-11-19-44/h3-4,6-9,12-15,20-22,26,43H,5,10-11,16-19,23-25H2,1-2H3,(H2,40,45)(H2,41,46). The Morgan fingerprint density at radius 2 is 1.54 bits per heavy atom.